The van der Waals surface area contributed by atoms with Gasteiger partial charge in [-0.2, -0.15) is 17.0 Å². The second-order valence-electron chi connectivity index (χ2n) is 2.96. The van der Waals surface area contributed by atoms with Crippen molar-refractivity contribution in [2.24, 2.45) is 0 Å². The zero-order valence-electron chi connectivity index (χ0n) is 8.39. The summed E-state index contributed by atoms with van der Waals surface area (Å²) in [5.74, 6) is 0.792. The lowest BCUT2D eigenvalue weighted by molar-refractivity contribution is 0.0745. The molecule has 0 aliphatic heterocycles. The zero-order chi connectivity index (χ0) is 10.6. The van der Waals surface area contributed by atoms with Gasteiger partial charge in [0, 0.05) is 18.8 Å². The first-order valence-electron chi connectivity index (χ1n) is 4.16. The van der Waals surface area contributed by atoms with Crippen LogP contribution >= 0.6 is 11.8 Å². The summed E-state index contributed by atoms with van der Waals surface area (Å²) < 4.78 is 0. The molecule has 0 radical (unpaired) electrons. The van der Waals surface area contributed by atoms with Crippen LogP contribution in [0.4, 0.5) is 0 Å². The number of carbonyl (C=O) groups excluding carboxylic acids is 1. The number of thioether (sulfide) groups is 1. The predicted molar refractivity (Wildman–Crippen MR) is 54.1 cm³/mol. The van der Waals surface area contributed by atoms with Crippen molar-refractivity contribution in [3.05, 3.63) is 5.82 Å². The summed E-state index contributed by atoms with van der Waals surface area (Å²) >= 11 is 1.69. The van der Waals surface area contributed by atoms with E-state index < -0.39 is 0 Å². The molecule has 6 nitrogen and oxygen atoms in total. The van der Waals surface area contributed by atoms with Crippen molar-refractivity contribution >= 4 is 17.7 Å². The maximum Gasteiger partial charge on any atom is 0.295 e. The molecular formula is C7H13N5OS. The smallest absolute Gasteiger partial charge is 0.295 e. The molecule has 1 rings (SSSR count). The Morgan fingerprint density at radius 2 is 2.43 bits per heavy atom. The van der Waals surface area contributed by atoms with Crippen LogP contribution < -0.4 is 0 Å². The first-order chi connectivity index (χ1) is 6.66. The van der Waals surface area contributed by atoms with Crippen molar-refractivity contribution in [3.63, 3.8) is 0 Å². The Morgan fingerprint density at radius 3 is 2.93 bits per heavy atom. The lowest BCUT2D eigenvalue weighted by Gasteiger charge is -2.22. The van der Waals surface area contributed by atoms with Gasteiger partial charge in [0.2, 0.25) is 0 Å². The van der Waals surface area contributed by atoms with Gasteiger partial charge < -0.3 is 4.90 Å². The minimum atomic E-state index is -0.208. The third kappa shape index (κ3) is 2.44. The van der Waals surface area contributed by atoms with E-state index in [1.807, 2.05) is 13.2 Å². The third-order valence-corrected chi connectivity index (χ3v) is 2.74. The third-order valence-electron chi connectivity index (χ3n) is 1.93. The molecule has 7 heteroatoms. The van der Waals surface area contributed by atoms with Crippen LogP contribution in [-0.4, -0.2) is 56.5 Å². The van der Waals surface area contributed by atoms with Crippen LogP contribution in [-0.2, 0) is 0 Å². The lowest BCUT2D eigenvalue weighted by Crippen LogP contribution is -2.37. The van der Waals surface area contributed by atoms with Crippen molar-refractivity contribution in [1.29, 1.82) is 0 Å². The second-order valence-corrected chi connectivity index (χ2v) is 3.87. The van der Waals surface area contributed by atoms with Crippen LogP contribution in [0.15, 0.2) is 0 Å². The molecular weight excluding hydrogens is 202 g/mol. The fourth-order valence-electron chi connectivity index (χ4n) is 0.963. The Kier molecular flexibility index (Phi) is 3.87. The minimum absolute atomic E-state index is 0.112. The predicted octanol–water partition coefficient (Wildman–Crippen LogP) is 0.0232. The molecule has 1 unspecified atom stereocenters. The normalized spacial score (nSPS) is 12.5. The van der Waals surface area contributed by atoms with Crippen LogP contribution in [0.2, 0.25) is 0 Å². The molecule has 1 N–H and O–H groups in total. The van der Waals surface area contributed by atoms with E-state index in [4.69, 9.17) is 0 Å². The van der Waals surface area contributed by atoms with Gasteiger partial charge in [-0.15, -0.1) is 10.2 Å². The SMILES string of the molecule is CSCC(C)N(C)C(=O)c1nn[nH]n1. The van der Waals surface area contributed by atoms with E-state index in [0.717, 1.165) is 5.75 Å². The van der Waals surface area contributed by atoms with Crippen LogP contribution in [0.3, 0.4) is 0 Å². The number of aromatic amines is 1. The highest BCUT2D eigenvalue weighted by molar-refractivity contribution is 7.98. The molecule has 0 bridgehead atoms. The number of H-pyrrole nitrogens is 1. The number of rotatable bonds is 4. The highest BCUT2D eigenvalue weighted by Gasteiger charge is 2.20. The topological polar surface area (TPSA) is 74.8 Å². The van der Waals surface area contributed by atoms with Crippen LogP contribution in [0.25, 0.3) is 0 Å². The number of carbonyl (C=O) groups is 1. The molecule has 1 amide bonds. The summed E-state index contributed by atoms with van der Waals surface area (Å²) in [4.78, 5) is 13.3. The van der Waals surface area contributed by atoms with Crippen molar-refractivity contribution in [2.75, 3.05) is 19.1 Å². The van der Waals surface area contributed by atoms with Gasteiger partial charge in [-0.3, -0.25) is 4.79 Å². The monoisotopic (exact) mass is 215 g/mol. The molecule has 0 spiro atoms. The van der Waals surface area contributed by atoms with Gasteiger partial charge in [0.25, 0.3) is 11.7 Å². The highest BCUT2D eigenvalue weighted by atomic mass is 32.2. The maximum absolute atomic E-state index is 11.7. The summed E-state index contributed by atoms with van der Waals surface area (Å²) in [5, 5.41) is 12.9. The minimum Gasteiger partial charge on any atom is -0.335 e. The summed E-state index contributed by atoms with van der Waals surface area (Å²) in [6.45, 7) is 1.98. The van der Waals surface area contributed by atoms with Crippen LogP contribution in [0.5, 0.6) is 0 Å². The first kappa shape index (κ1) is 11.0. The Bertz CT molecular complexity index is 288. The van der Waals surface area contributed by atoms with Crippen molar-refractivity contribution < 1.29 is 4.79 Å². The van der Waals surface area contributed by atoms with E-state index in [0.29, 0.717) is 0 Å². The molecule has 1 aromatic rings. The molecule has 0 saturated carbocycles. The van der Waals surface area contributed by atoms with Crippen molar-refractivity contribution in [2.45, 2.75) is 13.0 Å². The van der Waals surface area contributed by atoms with Crippen molar-refractivity contribution in [3.8, 4) is 0 Å². The average Bonchev–Trinajstić information content (AvgIpc) is 2.68. The zero-order valence-corrected chi connectivity index (χ0v) is 9.21. The van der Waals surface area contributed by atoms with Crippen molar-refractivity contribution in [1.82, 2.24) is 25.5 Å². The molecule has 1 heterocycles. The number of hydrogen-bond acceptors (Lipinski definition) is 5. The van der Waals surface area contributed by atoms with Gasteiger partial charge >= 0.3 is 0 Å². The Balaban J connectivity index is 2.61. The molecule has 0 aliphatic rings. The number of tetrazole rings is 1. The standard InChI is InChI=1S/C7H13N5OS/c1-5(4-14-3)12(2)7(13)6-8-10-11-9-6/h5H,4H2,1-3H3,(H,8,9,10,11). The molecule has 1 aromatic heterocycles. The molecule has 78 valence electrons. The quantitative estimate of drug-likeness (QED) is 0.766. The largest absolute Gasteiger partial charge is 0.335 e. The Labute approximate surface area is 86.4 Å². The number of nitrogens with one attached hydrogen (secondary N) is 1. The Morgan fingerprint density at radius 1 is 1.71 bits per heavy atom. The van der Waals surface area contributed by atoms with E-state index >= 15 is 0 Å². The van der Waals surface area contributed by atoms with Gasteiger partial charge in [-0.25, -0.2) is 0 Å². The van der Waals surface area contributed by atoms with Gasteiger partial charge in [0.05, 0.1) is 0 Å². The molecule has 0 fully saturated rings. The number of hydrogen-bond donors (Lipinski definition) is 1. The molecule has 0 aliphatic carbocycles. The van der Waals surface area contributed by atoms with E-state index in [9.17, 15) is 4.79 Å². The van der Waals surface area contributed by atoms with Gasteiger partial charge in [-0.05, 0) is 18.4 Å². The van der Waals surface area contributed by atoms with Crippen LogP contribution in [0, 0.1) is 0 Å². The number of aromatic nitrogens is 4. The average molecular weight is 215 g/mol. The summed E-state index contributed by atoms with van der Waals surface area (Å²) in [6.07, 6.45) is 2.00. The fourth-order valence-corrected chi connectivity index (χ4v) is 1.67. The number of nitrogens with zero attached hydrogens (tertiary/aromatic N) is 4. The van der Waals surface area contributed by atoms with E-state index in [1.165, 1.54) is 0 Å². The van der Waals surface area contributed by atoms with Gasteiger partial charge in [-0.1, -0.05) is 0 Å². The number of amides is 1. The van der Waals surface area contributed by atoms with Gasteiger partial charge in [0.1, 0.15) is 0 Å². The second kappa shape index (κ2) is 4.94. The maximum atomic E-state index is 11.7. The summed E-state index contributed by atoms with van der Waals surface area (Å²) in [5.41, 5.74) is 0. The summed E-state index contributed by atoms with van der Waals surface area (Å²) in [6, 6.07) is 0.163. The van der Waals surface area contributed by atoms with E-state index in [2.05, 4.69) is 20.6 Å². The fraction of sp³-hybridized carbons (Fsp3) is 0.714. The lowest BCUT2D eigenvalue weighted by atomic mass is 10.3. The Hall–Kier alpha value is -1.11. The highest BCUT2D eigenvalue weighted by Crippen LogP contribution is 2.05. The molecule has 14 heavy (non-hydrogen) atoms. The van der Waals surface area contributed by atoms with E-state index in [-0.39, 0.29) is 17.8 Å². The summed E-state index contributed by atoms with van der Waals surface area (Å²) in [7, 11) is 1.74. The molecule has 0 saturated heterocycles. The van der Waals surface area contributed by atoms with Crippen LogP contribution in [0.1, 0.15) is 17.5 Å². The van der Waals surface area contributed by atoms with E-state index in [1.54, 1.807) is 23.7 Å². The molecule has 1 atom stereocenters. The van der Waals surface area contributed by atoms with Gasteiger partial charge in [0.15, 0.2) is 0 Å². The molecule has 0 aromatic carbocycles. The first-order valence-corrected chi connectivity index (χ1v) is 5.55.